The highest BCUT2D eigenvalue weighted by atomic mass is 32.1. The molecule has 6 rings (SSSR count). The maximum Gasteiger partial charge on any atom is 0.178 e. The zero-order valence-electron chi connectivity index (χ0n) is 16.1. The number of hydrogen-bond donors (Lipinski definition) is 3. The van der Waals surface area contributed by atoms with E-state index in [9.17, 15) is 0 Å². The molecule has 0 amide bonds. The Morgan fingerprint density at radius 1 is 1.07 bits per heavy atom. The number of pyridine rings is 1. The lowest BCUT2D eigenvalue weighted by atomic mass is 10.1. The lowest BCUT2D eigenvalue weighted by Crippen LogP contribution is -1.82. The van der Waals surface area contributed by atoms with Crippen LogP contribution < -0.4 is 0 Å². The summed E-state index contributed by atoms with van der Waals surface area (Å²) in [7, 11) is 0. The molecule has 0 aliphatic rings. The van der Waals surface area contributed by atoms with Gasteiger partial charge in [0.25, 0.3) is 0 Å². The van der Waals surface area contributed by atoms with Gasteiger partial charge in [-0.25, -0.2) is 9.97 Å². The van der Waals surface area contributed by atoms with Gasteiger partial charge >= 0.3 is 0 Å². The van der Waals surface area contributed by atoms with E-state index >= 15 is 0 Å². The van der Waals surface area contributed by atoms with E-state index in [1.54, 1.807) is 11.3 Å². The van der Waals surface area contributed by atoms with E-state index < -0.39 is 0 Å². The first-order valence-electron chi connectivity index (χ1n) is 9.71. The second-order valence-electron chi connectivity index (χ2n) is 7.08. The minimum Gasteiger partial charge on any atom is -0.335 e. The number of aryl methyl sites for hydroxylation is 1. The minimum atomic E-state index is 0.691. The number of thiophene rings is 1. The Hall–Kier alpha value is -3.78. The third-order valence-corrected chi connectivity index (χ3v) is 6.55. The summed E-state index contributed by atoms with van der Waals surface area (Å²) >= 11 is 1.80. The molecule has 5 heterocycles. The molecule has 146 valence electrons. The van der Waals surface area contributed by atoms with E-state index in [4.69, 9.17) is 4.98 Å². The molecule has 7 nitrogen and oxygen atoms in total. The highest BCUT2D eigenvalue weighted by Crippen LogP contribution is 2.35. The molecule has 0 atom stereocenters. The van der Waals surface area contributed by atoms with Crippen molar-refractivity contribution in [1.29, 1.82) is 0 Å². The summed E-state index contributed by atoms with van der Waals surface area (Å²) in [5.41, 5.74) is 6.57. The monoisotopic (exact) mass is 411 g/mol. The second kappa shape index (κ2) is 6.64. The molecule has 0 aliphatic carbocycles. The van der Waals surface area contributed by atoms with Crippen molar-refractivity contribution in [2.24, 2.45) is 0 Å². The molecular formula is C22H17N7S. The predicted octanol–water partition coefficient (Wildman–Crippen LogP) is 5.18. The van der Waals surface area contributed by atoms with Crippen molar-refractivity contribution in [3.63, 3.8) is 0 Å². The average Bonchev–Trinajstić information content (AvgIpc) is 3.57. The second-order valence-corrected chi connectivity index (χ2v) is 8.25. The largest absolute Gasteiger partial charge is 0.335 e. The Kier molecular flexibility index (Phi) is 3.78. The number of aromatic amines is 3. The molecule has 8 heteroatoms. The molecule has 0 unspecified atom stereocenters. The van der Waals surface area contributed by atoms with Crippen LogP contribution in [0.3, 0.4) is 0 Å². The minimum absolute atomic E-state index is 0.691. The molecule has 0 bridgehead atoms. The number of fused-ring (bicyclic) bond motifs is 2. The van der Waals surface area contributed by atoms with Crippen LogP contribution >= 0.6 is 11.3 Å². The zero-order chi connectivity index (χ0) is 20.1. The van der Waals surface area contributed by atoms with Crippen LogP contribution in [0.4, 0.5) is 0 Å². The van der Waals surface area contributed by atoms with Crippen LogP contribution in [0.2, 0.25) is 0 Å². The zero-order valence-corrected chi connectivity index (χ0v) is 16.9. The van der Waals surface area contributed by atoms with Crippen molar-refractivity contribution in [2.45, 2.75) is 13.3 Å². The normalized spacial score (nSPS) is 11.6. The fourth-order valence-electron chi connectivity index (χ4n) is 3.72. The summed E-state index contributed by atoms with van der Waals surface area (Å²) in [5, 5.41) is 15.6. The van der Waals surface area contributed by atoms with Gasteiger partial charge in [-0.2, -0.15) is 10.2 Å². The molecule has 30 heavy (non-hydrogen) atoms. The molecule has 0 aliphatic heterocycles. The highest BCUT2D eigenvalue weighted by molar-refractivity contribution is 7.15. The molecular weight excluding hydrogens is 394 g/mol. The van der Waals surface area contributed by atoms with Gasteiger partial charge in [-0.05, 0) is 42.3 Å². The van der Waals surface area contributed by atoms with Crippen molar-refractivity contribution in [2.75, 3.05) is 0 Å². The van der Waals surface area contributed by atoms with E-state index in [1.807, 2.05) is 30.7 Å². The standard InChI is InChI=1S/C22H17N7S/c1-2-14-4-6-18(30-14)15-7-8-23-21-19(15)26-22(27-21)20-16-9-12(13-10-24-25-11-13)3-5-17(16)28-29-20/h3-11H,2H2,1H3,(H,24,25)(H,28,29)(H,23,26,27). The number of hydrogen-bond acceptors (Lipinski definition) is 5. The summed E-state index contributed by atoms with van der Waals surface area (Å²) in [6.07, 6.45) is 6.53. The SMILES string of the molecule is CCc1ccc(-c2ccnc3nc(-c4n[nH]c5ccc(-c6cn[nH]c6)cc45)[nH]c23)s1. The van der Waals surface area contributed by atoms with Crippen LogP contribution in [0.25, 0.3) is 55.2 Å². The van der Waals surface area contributed by atoms with E-state index in [-0.39, 0.29) is 0 Å². The molecule has 0 radical (unpaired) electrons. The summed E-state index contributed by atoms with van der Waals surface area (Å²) in [6, 6.07) is 12.6. The van der Waals surface area contributed by atoms with Crippen molar-refractivity contribution >= 4 is 33.4 Å². The van der Waals surface area contributed by atoms with Crippen LogP contribution in [0, 0.1) is 0 Å². The summed E-state index contributed by atoms with van der Waals surface area (Å²) in [4.78, 5) is 15.3. The first-order valence-corrected chi connectivity index (χ1v) is 10.5. The van der Waals surface area contributed by atoms with Crippen LogP contribution in [-0.2, 0) is 6.42 Å². The van der Waals surface area contributed by atoms with Gasteiger partial charge in [-0.3, -0.25) is 10.2 Å². The van der Waals surface area contributed by atoms with Gasteiger partial charge in [0.1, 0.15) is 5.69 Å². The molecule has 5 aromatic heterocycles. The fraction of sp³-hybridized carbons (Fsp3) is 0.0909. The van der Waals surface area contributed by atoms with Crippen LogP contribution in [0.5, 0.6) is 0 Å². The van der Waals surface area contributed by atoms with Gasteiger partial charge in [0.05, 0.1) is 17.2 Å². The van der Waals surface area contributed by atoms with E-state index in [2.05, 4.69) is 61.6 Å². The van der Waals surface area contributed by atoms with Crippen LogP contribution in [0.1, 0.15) is 11.8 Å². The van der Waals surface area contributed by atoms with Crippen molar-refractivity contribution < 1.29 is 0 Å². The lowest BCUT2D eigenvalue weighted by molar-refractivity contribution is 1.09. The quantitative estimate of drug-likeness (QED) is 0.372. The van der Waals surface area contributed by atoms with Gasteiger partial charge in [-0.15, -0.1) is 11.3 Å². The first-order chi connectivity index (χ1) is 14.8. The third kappa shape index (κ3) is 2.65. The number of aromatic nitrogens is 7. The van der Waals surface area contributed by atoms with Gasteiger partial charge < -0.3 is 4.98 Å². The summed E-state index contributed by atoms with van der Waals surface area (Å²) < 4.78 is 0. The lowest BCUT2D eigenvalue weighted by Gasteiger charge is -1.99. The number of nitrogens with one attached hydrogen (secondary N) is 3. The van der Waals surface area contributed by atoms with Crippen LogP contribution in [0.15, 0.2) is 55.0 Å². The Morgan fingerprint density at radius 3 is 2.87 bits per heavy atom. The number of benzene rings is 1. The number of H-pyrrole nitrogens is 3. The maximum absolute atomic E-state index is 4.75. The number of rotatable bonds is 4. The van der Waals surface area contributed by atoms with Crippen molar-refractivity contribution in [3.05, 3.63) is 59.9 Å². The topological polar surface area (TPSA) is 98.9 Å². The van der Waals surface area contributed by atoms with Crippen LogP contribution in [-0.4, -0.2) is 35.3 Å². The Morgan fingerprint density at radius 2 is 2.03 bits per heavy atom. The summed E-state index contributed by atoms with van der Waals surface area (Å²) in [5.74, 6) is 0.702. The van der Waals surface area contributed by atoms with Crippen molar-refractivity contribution in [3.8, 4) is 33.1 Å². The predicted molar refractivity (Wildman–Crippen MR) is 119 cm³/mol. The average molecular weight is 411 g/mol. The van der Waals surface area contributed by atoms with Gasteiger partial charge in [0, 0.05) is 38.7 Å². The number of nitrogens with zero attached hydrogens (tertiary/aromatic N) is 4. The first kappa shape index (κ1) is 17.1. The van der Waals surface area contributed by atoms with Gasteiger partial charge in [0.2, 0.25) is 0 Å². The molecule has 3 N–H and O–H groups in total. The highest BCUT2D eigenvalue weighted by Gasteiger charge is 2.17. The Bertz CT molecular complexity index is 1490. The maximum atomic E-state index is 4.75. The molecule has 0 fully saturated rings. The Labute approximate surface area is 175 Å². The smallest absolute Gasteiger partial charge is 0.178 e. The van der Waals surface area contributed by atoms with Crippen molar-refractivity contribution in [1.82, 2.24) is 35.3 Å². The van der Waals surface area contributed by atoms with E-state index in [0.29, 0.717) is 11.5 Å². The summed E-state index contributed by atoms with van der Waals surface area (Å²) in [6.45, 7) is 2.17. The van der Waals surface area contributed by atoms with E-state index in [1.165, 1.54) is 9.75 Å². The van der Waals surface area contributed by atoms with Gasteiger partial charge in [0.15, 0.2) is 11.5 Å². The molecule has 1 aromatic carbocycles. The number of imidazole rings is 1. The molecule has 0 saturated carbocycles. The molecule has 6 aromatic rings. The third-order valence-electron chi connectivity index (χ3n) is 5.29. The van der Waals surface area contributed by atoms with Gasteiger partial charge in [-0.1, -0.05) is 13.0 Å². The Balaban J connectivity index is 1.51. The fourth-order valence-corrected chi connectivity index (χ4v) is 4.70. The molecule has 0 spiro atoms. The van der Waals surface area contributed by atoms with E-state index in [0.717, 1.165) is 45.2 Å². The molecule has 0 saturated heterocycles.